The Morgan fingerprint density at radius 3 is 2.73 bits per heavy atom. The molecule has 0 unspecified atom stereocenters. The number of aryl methyl sites for hydroxylation is 1. The molecule has 1 aromatic carbocycles. The number of hydrogen-bond acceptors (Lipinski definition) is 3. The van der Waals surface area contributed by atoms with Crippen molar-refractivity contribution in [2.24, 2.45) is 4.99 Å². The minimum atomic E-state index is 0.859. The van der Waals surface area contributed by atoms with E-state index in [9.17, 15) is 0 Å². The highest BCUT2D eigenvalue weighted by molar-refractivity contribution is 5.74. The molecule has 0 saturated carbocycles. The predicted octanol–water partition coefficient (Wildman–Crippen LogP) is 3.95. The van der Waals surface area contributed by atoms with Crippen LogP contribution >= 0.6 is 0 Å². The molecule has 0 N–H and O–H groups in total. The van der Waals surface area contributed by atoms with Gasteiger partial charge in [0.05, 0.1) is 11.9 Å². The van der Waals surface area contributed by atoms with Crippen LogP contribution < -0.4 is 0 Å². The van der Waals surface area contributed by atoms with E-state index in [4.69, 9.17) is 0 Å². The fraction of sp³-hybridized carbons (Fsp3) is 0.263. The highest BCUT2D eigenvalue weighted by Crippen LogP contribution is 2.18. The summed E-state index contributed by atoms with van der Waals surface area (Å²) in [6, 6.07) is 10.8. The molecule has 3 nitrogen and oxygen atoms in total. The van der Waals surface area contributed by atoms with Crippen molar-refractivity contribution in [3.8, 4) is 0 Å². The molecular weight excluding hydrogens is 270 g/mol. The van der Waals surface area contributed by atoms with E-state index in [-0.39, 0.29) is 0 Å². The van der Waals surface area contributed by atoms with Crippen LogP contribution in [0.3, 0.4) is 0 Å². The van der Waals surface area contributed by atoms with Gasteiger partial charge in [-0.3, -0.25) is 9.98 Å². The second-order valence-electron chi connectivity index (χ2n) is 5.49. The van der Waals surface area contributed by atoms with Crippen molar-refractivity contribution in [3.63, 3.8) is 0 Å². The zero-order chi connectivity index (χ0) is 15.8. The van der Waals surface area contributed by atoms with Gasteiger partial charge in [0.1, 0.15) is 0 Å². The third kappa shape index (κ3) is 4.93. The van der Waals surface area contributed by atoms with E-state index in [1.54, 1.807) is 18.5 Å². The van der Waals surface area contributed by atoms with Crippen LogP contribution in [0, 0.1) is 6.92 Å². The lowest BCUT2D eigenvalue weighted by molar-refractivity contribution is 0.331. The molecule has 1 heterocycles. The Kier molecular flexibility index (Phi) is 6.04. The van der Waals surface area contributed by atoms with Crippen molar-refractivity contribution in [1.29, 1.82) is 0 Å². The van der Waals surface area contributed by atoms with Crippen LogP contribution in [0.15, 0.2) is 60.4 Å². The van der Waals surface area contributed by atoms with Gasteiger partial charge in [0.2, 0.25) is 0 Å². The summed E-state index contributed by atoms with van der Waals surface area (Å²) < 4.78 is 0. The van der Waals surface area contributed by atoms with E-state index in [1.165, 1.54) is 16.7 Å². The molecule has 22 heavy (non-hydrogen) atoms. The largest absolute Gasteiger partial charge is 0.302 e. The standard InChI is InChI=1S/C19H23N3/c1-4-11-21-19-14-20-12-9-18(19)15-22(3)13-10-17-7-5-16(2)6-8-17/h4-9,11-12,14H,1,10,13,15H2,2-3H3. The molecule has 1 aromatic heterocycles. The number of benzene rings is 1. The lowest BCUT2D eigenvalue weighted by Gasteiger charge is -2.17. The molecule has 0 bridgehead atoms. The Hall–Kier alpha value is -2.26. The summed E-state index contributed by atoms with van der Waals surface area (Å²) in [4.78, 5) is 10.8. The van der Waals surface area contributed by atoms with Gasteiger partial charge in [-0.25, -0.2) is 0 Å². The molecule has 0 aliphatic heterocycles. The fourth-order valence-corrected chi connectivity index (χ4v) is 2.24. The van der Waals surface area contributed by atoms with Crippen LogP contribution in [-0.2, 0) is 13.0 Å². The quantitative estimate of drug-likeness (QED) is 0.723. The first-order valence-electron chi connectivity index (χ1n) is 7.51. The number of rotatable bonds is 7. The summed E-state index contributed by atoms with van der Waals surface area (Å²) >= 11 is 0. The third-order valence-electron chi connectivity index (χ3n) is 3.55. The average Bonchev–Trinajstić information content (AvgIpc) is 2.53. The normalized spacial score (nSPS) is 11.2. The molecule has 2 rings (SSSR count). The summed E-state index contributed by atoms with van der Waals surface area (Å²) in [5, 5.41) is 0. The van der Waals surface area contributed by atoms with Gasteiger partial charge in [0.25, 0.3) is 0 Å². The Morgan fingerprint density at radius 1 is 1.23 bits per heavy atom. The Bertz CT molecular complexity index is 629. The zero-order valence-electron chi connectivity index (χ0n) is 13.4. The molecule has 0 aliphatic rings. The SMILES string of the molecule is C=CC=Nc1cnccc1CN(C)CCc1ccc(C)cc1. The predicted molar refractivity (Wildman–Crippen MR) is 93.8 cm³/mol. The van der Waals surface area contributed by atoms with Crippen LogP contribution in [0.25, 0.3) is 0 Å². The van der Waals surface area contributed by atoms with Crippen LogP contribution in [0.4, 0.5) is 5.69 Å². The number of aliphatic imine (C=N–C) groups is 1. The third-order valence-corrected chi connectivity index (χ3v) is 3.55. The Labute approximate surface area is 133 Å². The maximum atomic E-state index is 4.37. The summed E-state index contributed by atoms with van der Waals surface area (Å²) in [5.41, 5.74) is 4.76. The number of likely N-dealkylation sites (N-methyl/N-ethyl adjacent to an activating group) is 1. The highest BCUT2D eigenvalue weighted by atomic mass is 15.1. The maximum Gasteiger partial charge on any atom is 0.0857 e. The molecule has 0 fully saturated rings. The summed E-state index contributed by atoms with van der Waals surface area (Å²) in [6.07, 6.45) is 8.04. The first-order chi connectivity index (χ1) is 10.7. The van der Waals surface area contributed by atoms with E-state index in [1.807, 2.05) is 12.3 Å². The van der Waals surface area contributed by atoms with Gasteiger partial charge in [-0.2, -0.15) is 0 Å². The molecule has 3 heteroatoms. The number of aromatic nitrogens is 1. The minimum Gasteiger partial charge on any atom is -0.302 e. The summed E-state index contributed by atoms with van der Waals surface area (Å²) in [7, 11) is 2.13. The molecule has 114 valence electrons. The van der Waals surface area contributed by atoms with Gasteiger partial charge in [-0.15, -0.1) is 0 Å². The second-order valence-corrected chi connectivity index (χ2v) is 5.49. The van der Waals surface area contributed by atoms with Crippen LogP contribution in [-0.4, -0.2) is 29.7 Å². The second kappa shape index (κ2) is 8.25. The first-order valence-corrected chi connectivity index (χ1v) is 7.51. The van der Waals surface area contributed by atoms with Crippen LogP contribution in [0.1, 0.15) is 16.7 Å². The number of hydrogen-bond donors (Lipinski definition) is 0. The lowest BCUT2D eigenvalue weighted by atomic mass is 10.1. The van der Waals surface area contributed by atoms with Crippen molar-refractivity contribution in [1.82, 2.24) is 9.88 Å². The molecule has 0 saturated heterocycles. The van der Waals surface area contributed by atoms with Crippen LogP contribution in [0.2, 0.25) is 0 Å². The van der Waals surface area contributed by atoms with E-state index < -0.39 is 0 Å². The molecular formula is C19H23N3. The van der Waals surface area contributed by atoms with E-state index in [0.29, 0.717) is 0 Å². The van der Waals surface area contributed by atoms with E-state index in [0.717, 1.165) is 25.2 Å². The minimum absolute atomic E-state index is 0.859. The van der Waals surface area contributed by atoms with Gasteiger partial charge >= 0.3 is 0 Å². The van der Waals surface area contributed by atoms with Crippen molar-refractivity contribution in [2.45, 2.75) is 19.9 Å². The molecule has 0 amide bonds. The fourth-order valence-electron chi connectivity index (χ4n) is 2.24. The monoisotopic (exact) mass is 293 g/mol. The number of allylic oxidation sites excluding steroid dienone is 1. The zero-order valence-corrected chi connectivity index (χ0v) is 13.4. The Balaban J connectivity index is 1.94. The van der Waals surface area contributed by atoms with E-state index >= 15 is 0 Å². The van der Waals surface area contributed by atoms with Crippen LogP contribution in [0.5, 0.6) is 0 Å². The van der Waals surface area contributed by atoms with Gasteiger partial charge < -0.3 is 4.90 Å². The lowest BCUT2D eigenvalue weighted by Crippen LogP contribution is -2.20. The highest BCUT2D eigenvalue weighted by Gasteiger charge is 2.05. The van der Waals surface area contributed by atoms with Crippen molar-refractivity contribution < 1.29 is 0 Å². The number of pyridine rings is 1. The number of nitrogens with zero attached hydrogens (tertiary/aromatic N) is 3. The Morgan fingerprint density at radius 2 is 2.00 bits per heavy atom. The molecule has 0 aliphatic carbocycles. The average molecular weight is 293 g/mol. The molecule has 0 radical (unpaired) electrons. The van der Waals surface area contributed by atoms with E-state index in [2.05, 4.69) is 59.7 Å². The van der Waals surface area contributed by atoms with Gasteiger partial charge in [-0.05, 0) is 37.6 Å². The van der Waals surface area contributed by atoms with Crippen molar-refractivity contribution in [3.05, 3.63) is 72.1 Å². The van der Waals surface area contributed by atoms with Crippen molar-refractivity contribution in [2.75, 3.05) is 13.6 Å². The van der Waals surface area contributed by atoms with Gasteiger partial charge in [0.15, 0.2) is 0 Å². The van der Waals surface area contributed by atoms with Gasteiger partial charge in [0, 0.05) is 25.5 Å². The van der Waals surface area contributed by atoms with Gasteiger partial charge in [-0.1, -0.05) is 42.5 Å². The summed E-state index contributed by atoms with van der Waals surface area (Å²) in [5.74, 6) is 0. The summed E-state index contributed by atoms with van der Waals surface area (Å²) in [6.45, 7) is 7.64. The molecule has 2 aromatic rings. The molecule has 0 atom stereocenters. The maximum absolute atomic E-state index is 4.37. The smallest absolute Gasteiger partial charge is 0.0857 e. The topological polar surface area (TPSA) is 28.5 Å². The first kappa shape index (κ1) is 16.1. The molecule has 0 spiro atoms. The van der Waals surface area contributed by atoms with Crippen molar-refractivity contribution >= 4 is 11.9 Å².